The lowest BCUT2D eigenvalue weighted by molar-refractivity contribution is 0.0368. The SMILES string of the molecule is CCC1CC2CCCC(CNC(=O)c3cccc4nc(C(=O)N5CCC(N(C)C)CC5)cn34)(C1)C2. The van der Waals surface area contributed by atoms with Crippen LogP contribution in [0.3, 0.4) is 0 Å². The number of nitrogens with zero attached hydrogens (tertiary/aromatic N) is 4. The van der Waals surface area contributed by atoms with Crippen LogP contribution in [0.15, 0.2) is 24.4 Å². The summed E-state index contributed by atoms with van der Waals surface area (Å²) in [6.07, 6.45) is 12.6. The molecule has 3 aliphatic rings. The van der Waals surface area contributed by atoms with E-state index in [2.05, 4.69) is 36.2 Å². The van der Waals surface area contributed by atoms with Crippen molar-refractivity contribution in [2.45, 2.75) is 70.8 Å². The standard InChI is InChI=1S/C28H41N5O2/c1-4-20-15-21-7-6-12-28(16-20,17-21)19-29-26(34)24-8-5-9-25-30-23(18-33(24)25)27(35)32-13-10-22(11-14-32)31(2)3/h5,8-9,18,20-22H,4,6-7,10-17,19H2,1-3H3,(H,29,34). The fourth-order valence-electron chi connectivity index (χ4n) is 7.08. The van der Waals surface area contributed by atoms with Crippen LogP contribution in [0.2, 0.25) is 0 Å². The third kappa shape index (κ3) is 4.97. The third-order valence-corrected chi connectivity index (χ3v) is 9.06. The molecule has 1 saturated heterocycles. The van der Waals surface area contributed by atoms with Crippen LogP contribution in [-0.2, 0) is 0 Å². The predicted molar refractivity (Wildman–Crippen MR) is 138 cm³/mol. The second-order valence-electron chi connectivity index (χ2n) is 11.6. The summed E-state index contributed by atoms with van der Waals surface area (Å²) in [5, 5.41) is 3.28. The quantitative estimate of drug-likeness (QED) is 0.673. The van der Waals surface area contributed by atoms with Gasteiger partial charge < -0.3 is 15.1 Å². The first-order valence-corrected chi connectivity index (χ1v) is 13.6. The Morgan fingerprint density at radius 2 is 1.97 bits per heavy atom. The predicted octanol–water partition coefficient (Wildman–Crippen LogP) is 4.23. The van der Waals surface area contributed by atoms with Gasteiger partial charge in [0.05, 0.1) is 0 Å². The average molecular weight is 480 g/mol. The van der Waals surface area contributed by atoms with Crippen molar-refractivity contribution in [3.8, 4) is 0 Å². The molecule has 190 valence electrons. The third-order valence-electron chi connectivity index (χ3n) is 9.06. The van der Waals surface area contributed by atoms with E-state index < -0.39 is 0 Å². The van der Waals surface area contributed by atoms with Gasteiger partial charge in [-0.05, 0) is 82.0 Å². The molecule has 3 atom stereocenters. The van der Waals surface area contributed by atoms with Gasteiger partial charge in [-0.25, -0.2) is 4.98 Å². The number of carbonyl (C=O) groups excluding carboxylic acids is 2. The van der Waals surface area contributed by atoms with E-state index in [-0.39, 0.29) is 17.2 Å². The number of fused-ring (bicyclic) bond motifs is 3. The zero-order chi connectivity index (χ0) is 24.6. The summed E-state index contributed by atoms with van der Waals surface area (Å²) in [5.74, 6) is 1.50. The zero-order valence-electron chi connectivity index (χ0n) is 21.6. The monoisotopic (exact) mass is 479 g/mol. The van der Waals surface area contributed by atoms with Crippen LogP contribution in [0.1, 0.15) is 85.7 Å². The molecular formula is C28H41N5O2. The summed E-state index contributed by atoms with van der Waals surface area (Å²) in [4.78, 5) is 35.2. The lowest BCUT2D eigenvalue weighted by atomic mass is 9.58. The van der Waals surface area contributed by atoms with Crippen LogP contribution in [0.5, 0.6) is 0 Å². The van der Waals surface area contributed by atoms with Crippen molar-refractivity contribution in [1.29, 1.82) is 0 Å². The number of piperidine rings is 1. The van der Waals surface area contributed by atoms with E-state index in [1.807, 2.05) is 23.1 Å². The van der Waals surface area contributed by atoms with E-state index in [4.69, 9.17) is 0 Å². The number of nitrogens with one attached hydrogen (secondary N) is 1. The van der Waals surface area contributed by atoms with Gasteiger partial charge in [-0.15, -0.1) is 0 Å². The fourth-order valence-corrected chi connectivity index (χ4v) is 7.08. The van der Waals surface area contributed by atoms with E-state index >= 15 is 0 Å². The molecule has 7 nitrogen and oxygen atoms in total. The molecule has 3 unspecified atom stereocenters. The average Bonchev–Trinajstić information content (AvgIpc) is 3.31. The molecule has 3 heterocycles. The van der Waals surface area contributed by atoms with Gasteiger partial charge in [0.15, 0.2) is 0 Å². The second kappa shape index (κ2) is 9.92. The number of amides is 2. The molecule has 2 aliphatic carbocycles. The molecule has 2 bridgehead atoms. The highest BCUT2D eigenvalue weighted by Gasteiger charge is 2.42. The van der Waals surface area contributed by atoms with Crippen molar-refractivity contribution < 1.29 is 9.59 Å². The van der Waals surface area contributed by atoms with Gasteiger partial charge in [0.1, 0.15) is 17.0 Å². The molecular weight excluding hydrogens is 438 g/mol. The first-order valence-electron chi connectivity index (χ1n) is 13.6. The lowest BCUT2D eigenvalue weighted by Gasteiger charge is -2.48. The number of pyridine rings is 1. The number of hydrogen-bond acceptors (Lipinski definition) is 4. The topological polar surface area (TPSA) is 70.0 Å². The number of likely N-dealkylation sites (tertiary alicyclic amines) is 1. The molecule has 2 saturated carbocycles. The van der Waals surface area contributed by atoms with Crippen molar-refractivity contribution in [2.24, 2.45) is 17.3 Å². The maximum absolute atomic E-state index is 13.3. The van der Waals surface area contributed by atoms with Gasteiger partial charge in [-0.1, -0.05) is 32.3 Å². The van der Waals surface area contributed by atoms with Crippen molar-refractivity contribution >= 4 is 17.5 Å². The highest BCUT2D eigenvalue weighted by atomic mass is 16.2. The molecule has 0 radical (unpaired) electrons. The van der Waals surface area contributed by atoms with E-state index in [0.717, 1.165) is 44.3 Å². The maximum atomic E-state index is 13.3. The fraction of sp³-hybridized carbons (Fsp3) is 0.679. The second-order valence-corrected chi connectivity index (χ2v) is 11.6. The van der Waals surface area contributed by atoms with Crippen LogP contribution >= 0.6 is 0 Å². The first kappa shape index (κ1) is 24.3. The molecule has 3 fully saturated rings. The van der Waals surface area contributed by atoms with Gasteiger partial charge in [-0.3, -0.25) is 14.0 Å². The van der Waals surface area contributed by atoms with E-state index in [9.17, 15) is 9.59 Å². The summed E-state index contributed by atoms with van der Waals surface area (Å²) >= 11 is 0. The Kier molecular flexibility index (Phi) is 6.88. The molecule has 1 aliphatic heterocycles. The van der Waals surface area contributed by atoms with Gasteiger partial charge in [0.25, 0.3) is 11.8 Å². The van der Waals surface area contributed by atoms with Crippen molar-refractivity contribution in [3.63, 3.8) is 0 Å². The van der Waals surface area contributed by atoms with E-state index in [0.29, 0.717) is 23.1 Å². The number of aromatic nitrogens is 2. The van der Waals surface area contributed by atoms with Crippen LogP contribution < -0.4 is 5.32 Å². The summed E-state index contributed by atoms with van der Waals surface area (Å²) in [6, 6.07) is 6.07. The summed E-state index contributed by atoms with van der Waals surface area (Å²) < 4.78 is 1.78. The molecule has 35 heavy (non-hydrogen) atoms. The summed E-state index contributed by atoms with van der Waals surface area (Å²) in [7, 11) is 4.19. The number of carbonyl (C=O) groups is 2. The molecule has 2 aromatic rings. The van der Waals surface area contributed by atoms with Crippen LogP contribution in [0.4, 0.5) is 0 Å². The Labute approximate surface area is 209 Å². The van der Waals surface area contributed by atoms with Gasteiger partial charge >= 0.3 is 0 Å². The molecule has 2 amide bonds. The Morgan fingerprint density at radius 1 is 1.17 bits per heavy atom. The summed E-state index contributed by atoms with van der Waals surface area (Å²) in [6.45, 7) is 4.53. The van der Waals surface area contributed by atoms with E-state index in [1.54, 1.807) is 10.6 Å². The highest BCUT2D eigenvalue weighted by molar-refractivity contribution is 5.95. The Balaban J connectivity index is 1.28. The molecule has 2 aromatic heterocycles. The lowest BCUT2D eigenvalue weighted by Crippen LogP contribution is -2.45. The van der Waals surface area contributed by atoms with E-state index in [1.165, 1.54) is 44.9 Å². The van der Waals surface area contributed by atoms with Gasteiger partial charge in [0, 0.05) is 31.9 Å². The first-order chi connectivity index (χ1) is 16.9. The number of hydrogen-bond donors (Lipinski definition) is 1. The Morgan fingerprint density at radius 3 is 2.71 bits per heavy atom. The van der Waals surface area contributed by atoms with Crippen LogP contribution in [0, 0.1) is 17.3 Å². The maximum Gasteiger partial charge on any atom is 0.274 e. The van der Waals surface area contributed by atoms with Crippen LogP contribution in [0.25, 0.3) is 5.65 Å². The normalized spacial score (nSPS) is 27.4. The van der Waals surface area contributed by atoms with Gasteiger partial charge in [-0.2, -0.15) is 0 Å². The molecule has 0 aromatic carbocycles. The largest absolute Gasteiger partial charge is 0.350 e. The number of imidazole rings is 1. The molecule has 7 heteroatoms. The molecule has 0 spiro atoms. The minimum Gasteiger partial charge on any atom is -0.350 e. The van der Waals surface area contributed by atoms with Crippen LogP contribution in [-0.4, -0.2) is 70.8 Å². The minimum absolute atomic E-state index is 0.0442. The summed E-state index contributed by atoms with van der Waals surface area (Å²) in [5.41, 5.74) is 1.86. The minimum atomic E-state index is -0.0751. The van der Waals surface area contributed by atoms with Crippen molar-refractivity contribution in [3.05, 3.63) is 35.8 Å². The highest BCUT2D eigenvalue weighted by Crippen LogP contribution is 2.51. The number of rotatable bonds is 6. The molecule has 1 N–H and O–H groups in total. The van der Waals surface area contributed by atoms with Crippen molar-refractivity contribution in [2.75, 3.05) is 33.7 Å². The molecule has 5 rings (SSSR count). The smallest absolute Gasteiger partial charge is 0.274 e. The Hall–Kier alpha value is -2.41. The van der Waals surface area contributed by atoms with Gasteiger partial charge in [0.2, 0.25) is 0 Å². The zero-order valence-corrected chi connectivity index (χ0v) is 21.6. The van der Waals surface area contributed by atoms with Crippen molar-refractivity contribution in [1.82, 2.24) is 24.5 Å². The Bertz CT molecular complexity index is 1070.